The fourth-order valence-corrected chi connectivity index (χ4v) is 3.14. The number of nitrogens with one attached hydrogen (secondary N) is 2. The van der Waals surface area contributed by atoms with Crippen LogP contribution < -0.4 is 10.6 Å². The van der Waals surface area contributed by atoms with E-state index in [-0.39, 0.29) is 19.1 Å². The number of amides is 2. The first-order valence-electron chi connectivity index (χ1n) is 9.01. The zero-order valence-corrected chi connectivity index (χ0v) is 17.1. The van der Waals surface area contributed by atoms with Crippen molar-refractivity contribution in [3.05, 3.63) is 82.2 Å². The van der Waals surface area contributed by atoms with E-state index in [0.717, 1.165) is 11.1 Å². The second-order valence-corrected chi connectivity index (χ2v) is 7.29. The monoisotopic (exact) mass is 442 g/mol. The van der Waals surface area contributed by atoms with Gasteiger partial charge in [0, 0.05) is 33.3 Å². The van der Waals surface area contributed by atoms with Gasteiger partial charge < -0.3 is 19.7 Å². The van der Waals surface area contributed by atoms with E-state index in [0.29, 0.717) is 33.0 Å². The van der Waals surface area contributed by atoms with Crippen LogP contribution in [0.3, 0.4) is 0 Å². The van der Waals surface area contributed by atoms with Gasteiger partial charge >= 0.3 is 6.03 Å². The van der Waals surface area contributed by atoms with E-state index >= 15 is 0 Å². The van der Waals surface area contributed by atoms with Crippen LogP contribution in [0, 0.1) is 0 Å². The maximum atomic E-state index is 12.1. The number of carbonyl (C=O) groups excluding carboxylic acids is 1. The van der Waals surface area contributed by atoms with Gasteiger partial charge in [0.2, 0.25) is 0 Å². The van der Waals surface area contributed by atoms with Crippen molar-refractivity contribution >= 4 is 29.2 Å². The first kappa shape index (κ1) is 20.0. The number of aromatic nitrogens is 2. The lowest BCUT2D eigenvalue weighted by atomic mass is 10.1. The Hall–Kier alpha value is -3.29. The second-order valence-electron chi connectivity index (χ2n) is 6.41. The quantitative estimate of drug-likeness (QED) is 0.422. The fraction of sp³-hybridized carbons (Fsp3) is 0.0952. The summed E-state index contributed by atoms with van der Waals surface area (Å²) in [7, 11) is 0. The molecule has 4 aromatic rings. The maximum absolute atomic E-state index is 12.1. The third kappa shape index (κ3) is 5.00. The molecule has 2 heterocycles. The third-order valence-corrected chi connectivity index (χ3v) is 4.68. The van der Waals surface area contributed by atoms with Gasteiger partial charge in [-0.25, -0.2) is 4.79 Å². The molecule has 0 aliphatic rings. The van der Waals surface area contributed by atoms with E-state index in [4.69, 9.17) is 32.2 Å². The summed E-state index contributed by atoms with van der Waals surface area (Å²) in [5.41, 5.74) is 2.96. The Balaban J connectivity index is 1.28. The molecule has 7 nitrogen and oxygen atoms in total. The van der Waals surface area contributed by atoms with Crippen molar-refractivity contribution in [1.29, 1.82) is 0 Å². The number of benzene rings is 2. The van der Waals surface area contributed by atoms with Crippen LogP contribution >= 0.6 is 23.2 Å². The largest absolute Gasteiger partial charge is 0.359 e. The van der Waals surface area contributed by atoms with Crippen molar-refractivity contribution in [1.82, 2.24) is 20.9 Å². The summed E-state index contributed by atoms with van der Waals surface area (Å²) in [5.74, 6) is 1.03. The molecule has 2 aromatic heterocycles. The molecule has 0 radical (unpaired) electrons. The lowest BCUT2D eigenvalue weighted by Gasteiger charge is -2.03. The Morgan fingerprint density at radius 3 is 1.67 bits per heavy atom. The number of hydrogen-bond acceptors (Lipinski definition) is 5. The van der Waals surface area contributed by atoms with Crippen LogP contribution in [0.2, 0.25) is 10.0 Å². The van der Waals surface area contributed by atoms with Crippen LogP contribution in [-0.4, -0.2) is 16.3 Å². The molecule has 0 bridgehead atoms. The fourth-order valence-electron chi connectivity index (χ4n) is 2.76. The number of halogens is 2. The Kier molecular flexibility index (Phi) is 6.02. The third-order valence-electron chi connectivity index (χ3n) is 4.21. The normalized spacial score (nSPS) is 10.7. The Morgan fingerprint density at radius 2 is 1.23 bits per heavy atom. The predicted molar refractivity (Wildman–Crippen MR) is 113 cm³/mol. The minimum atomic E-state index is -0.378. The van der Waals surface area contributed by atoms with E-state index in [1.807, 2.05) is 24.3 Å². The summed E-state index contributed by atoms with van der Waals surface area (Å²) >= 11 is 12.0. The Labute approximate surface area is 181 Å². The van der Waals surface area contributed by atoms with E-state index in [9.17, 15) is 4.79 Å². The molecule has 2 amide bonds. The maximum Gasteiger partial charge on any atom is 0.315 e. The molecule has 9 heteroatoms. The van der Waals surface area contributed by atoms with Crippen molar-refractivity contribution in [3.8, 4) is 22.5 Å². The minimum absolute atomic E-state index is 0.184. The van der Waals surface area contributed by atoms with Crippen LogP contribution in [-0.2, 0) is 13.1 Å². The molecule has 0 atom stereocenters. The minimum Gasteiger partial charge on any atom is -0.359 e. The van der Waals surface area contributed by atoms with Crippen LogP contribution in [0.1, 0.15) is 11.5 Å². The summed E-state index contributed by atoms with van der Waals surface area (Å²) in [5, 5.41) is 14.6. The molecule has 0 saturated heterocycles. The molecule has 0 saturated carbocycles. The smallest absolute Gasteiger partial charge is 0.315 e. The van der Waals surface area contributed by atoms with Crippen molar-refractivity contribution in [2.45, 2.75) is 13.1 Å². The zero-order chi connectivity index (χ0) is 20.9. The highest BCUT2D eigenvalue weighted by molar-refractivity contribution is 6.31. The molecule has 0 unspecified atom stereocenters. The van der Waals surface area contributed by atoms with Crippen LogP contribution in [0.5, 0.6) is 0 Å². The molecule has 0 aliphatic carbocycles. The molecular weight excluding hydrogens is 427 g/mol. The highest BCUT2D eigenvalue weighted by atomic mass is 35.5. The molecule has 152 valence electrons. The summed E-state index contributed by atoms with van der Waals surface area (Å²) in [4.78, 5) is 12.1. The average molecular weight is 443 g/mol. The highest BCUT2D eigenvalue weighted by Gasteiger charge is 2.11. The molecule has 0 spiro atoms. The topological polar surface area (TPSA) is 93.2 Å². The van der Waals surface area contributed by atoms with Gasteiger partial charge in [-0.2, -0.15) is 0 Å². The van der Waals surface area contributed by atoms with Crippen LogP contribution in [0.4, 0.5) is 4.79 Å². The van der Waals surface area contributed by atoms with E-state index in [2.05, 4.69) is 20.9 Å². The number of nitrogens with zero attached hydrogens (tertiary/aromatic N) is 2. The number of hydrogen-bond donors (Lipinski definition) is 2. The molecule has 2 N–H and O–H groups in total. The summed E-state index contributed by atoms with van der Waals surface area (Å²) in [6.45, 7) is 0.368. The van der Waals surface area contributed by atoms with E-state index < -0.39 is 0 Å². The lowest BCUT2D eigenvalue weighted by molar-refractivity contribution is 0.236. The first-order valence-corrected chi connectivity index (χ1v) is 9.77. The number of carbonyl (C=O) groups is 1. The SMILES string of the molecule is O=C(NCc1cc(-c2cccc(Cl)c2)no1)NCc1cc(-c2cccc(Cl)c2)no1. The molecular formula is C21H16Cl2N4O3. The van der Waals surface area contributed by atoms with Gasteiger partial charge in [0.25, 0.3) is 0 Å². The lowest BCUT2D eigenvalue weighted by Crippen LogP contribution is -2.34. The van der Waals surface area contributed by atoms with Gasteiger partial charge in [0.15, 0.2) is 11.5 Å². The van der Waals surface area contributed by atoms with Gasteiger partial charge in [0.05, 0.1) is 13.1 Å². The Morgan fingerprint density at radius 1 is 0.767 bits per heavy atom. The van der Waals surface area contributed by atoms with Crippen molar-refractivity contribution in [2.24, 2.45) is 0 Å². The Bertz CT molecular complexity index is 1080. The predicted octanol–water partition coefficient (Wildman–Crippen LogP) is 5.30. The number of rotatable bonds is 6. The standard InChI is InChI=1S/C21H16Cl2N4O3/c22-15-5-1-3-13(7-15)19-9-17(29-26-19)11-24-21(28)25-12-18-10-20(27-30-18)14-4-2-6-16(23)8-14/h1-10H,11-12H2,(H2,24,25,28). The van der Waals surface area contributed by atoms with Crippen LogP contribution in [0.25, 0.3) is 22.5 Å². The zero-order valence-electron chi connectivity index (χ0n) is 15.6. The highest BCUT2D eigenvalue weighted by Crippen LogP contribution is 2.23. The van der Waals surface area contributed by atoms with Gasteiger partial charge in [0.1, 0.15) is 11.4 Å². The first-order chi connectivity index (χ1) is 14.6. The van der Waals surface area contributed by atoms with Gasteiger partial charge in [-0.05, 0) is 24.3 Å². The summed E-state index contributed by atoms with van der Waals surface area (Å²) in [6, 6.07) is 17.7. The summed E-state index contributed by atoms with van der Waals surface area (Å²) in [6.07, 6.45) is 0. The van der Waals surface area contributed by atoms with Crippen molar-refractivity contribution in [2.75, 3.05) is 0 Å². The van der Waals surface area contributed by atoms with E-state index in [1.54, 1.807) is 36.4 Å². The van der Waals surface area contributed by atoms with Crippen molar-refractivity contribution < 1.29 is 13.8 Å². The molecule has 4 rings (SSSR count). The van der Waals surface area contributed by atoms with Gasteiger partial charge in [-0.3, -0.25) is 0 Å². The molecule has 30 heavy (non-hydrogen) atoms. The van der Waals surface area contributed by atoms with E-state index in [1.165, 1.54) is 0 Å². The van der Waals surface area contributed by atoms with Crippen LogP contribution in [0.15, 0.2) is 69.7 Å². The van der Waals surface area contributed by atoms with Crippen molar-refractivity contribution in [3.63, 3.8) is 0 Å². The number of urea groups is 1. The van der Waals surface area contributed by atoms with Gasteiger partial charge in [-0.1, -0.05) is 57.8 Å². The molecule has 2 aromatic carbocycles. The molecule has 0 fully saturated rings. The molecule has 0 aliphatic heterocycles. The van der Waals surface area contributed by atoms with Gasteiger partial charge in [-0.15, -0.1) is 0 Å². The second kappa shape index (κ2) is 9.02. The average Bonchev–Trinajstić information content (AvgIpc) is 3.41. The summed E-state index contributed by atoms with van der Waals surface area (Å²) < 4.78 is 10.5.